The van der Waals surface area contributed by atoms with Gasteiger partial charge in [0.25, 0.3) is 5.69 Å². The number of nitro groups is 1. The van der Waals surface area contributed by atoms with Crippen molar-refractivity contribution in [1.29, 1.82) is 0 Å². The summed E-state index contributed by atoms with van der Waals surface area (Å²) in [5.74, 6) is 1.07. The van der Waals surface area contributed by atoms with Gasteiger partial charge in [0.05, 0.1) is 16.2 Å². The van der Waals surface area contributed by atoms with Gasteiger partial charge in [0.15, 0.2) is 0 Å². The van der Waals surface area contributed by atoms with Crippen LogP contribution in [0.3, 0.4) is 0 Å². The van der Waals surface area contributed by atoms with E-state index in [0.29, 0.717) is 30.4 Å². The summed E-state index contributed by atoms with van der Waals surface area (Å²) >= 11 is 0. The first-order valence-corrected chi connectivity index (χ1v) is 8.89. The lowest BCUT2D eigenvalue weighted by Gasteiger charge is -2.44. The number of fused-ring (bicyclic) bond motifs is 3. The van der Waals surface area contributed by atoms with E-state index in [4.69, 9.17) is 5.73 Å². The van der Waals surface area contributed by atoms with E-state index in [2.05, 4.69) is 0 Å². The first-order valence-electron chi connectivity index (χ1n) is 8.89. The Bertz CT molecular complexity index is 682. The lowest BCUT2D eigenvalue weighted by Crippen LogP contribution is -2.49. The molecule has 2 fully saturated rings. The third kappa shape index (κ3) is 3.02. The van der Waals surface area contributed by atoms with Gasteiger partial charge in [-0.2, -0.15) is 0 Å². The molecule has 1 aromatic carbocycles. The fourth-order valence-electron chi connectivity index (χ4n) is 5.03. The van der Waals surface area contributed by atoms with Gasteiger partial charge < -0.3 is 10.6 Å². The van der Waals surface area contributed by atoms with E-state index in [9.17, 15) is 14.9 Å². The number of hydrogen-bond donors (Lipinski definition) is 1. The highest BCUT2D eigenvalue weighted by Crippen LogP contribution is 2.44. The molecule has 1 aliphatic heterocycles. The molecule has 2 saturated carbocycles. The van der Waals surface area contributed by atoms with Crippen LogP contribution in [-0.2, 0) is 11.2 Å². The van der Waals surface area contributed by atoms with Crippen LogP contribution in [0.4, 0.5) is 11.4 Å². The third-order valence-corrected chi connectivity index (χ3v) is 6.23. The molecule has 136 valence electrons. The van der Waals surface area contributed by atoms with Crippen LogP contribution >= 0.6 is 12.4 Å². The van der Waals surface area contributed by atoms with Crippen molar-refractivity contribution >= 4 is 29.7 Å². The molecular weight excluding hydrogens is 342 g/mol. The molecule has 1 amide bonds. The van der Waals surface area contributed by atoms with Crippen molar-refractivity contribution < 1.29 is 9.72 Å². The molecule has 6 nitrogen and oxygen atoms in total. The minimum atomic E-state index is -0.350. The van der Waals surface area contributed by atoms with Crippen LogP contribution < -0.4 is 10.6 Å². The van der Waals surface area contributed by atoms with Crippen LogP contribution in [0.2, 0.25) is 0 Å². The number of nitro benzene ring substituents is 1. The number of hydrogen-bond acceptors (Lipinski definition) is 4. The van der Waals surface area contributed by atoms with Gasteiger partial charge in [-0.3, -0.25) is 14.9 Å². The van der Waals surface area contributed by atoms with E-state index in [1.807, 2.05) is 6.07 Å². The van der Waals surface area contributed by atoms with Gasteiger partial charge in [0.1, 0.15) is 0 Å². The Hall–Kier alpha value is -1.66. The lowest BCUT2D eigenvalue weighted by atomic mass is 9.65. The lowest BCUT2D eigenvalue weighted by molar-refractivity contribution is -0.385. The largest absolute Gasteiger partial charge is 0.327 e. The average Bonchev–Trinajstić information content (AvgIpc) is 2.97. The molecule has 4 rings (SSSR count). The summed E-state index contributed by atoms with van der Waals surface area (Å²) in [5.41, 5.74) is 7.89. The van der Waals surface area contributed by atoms with Gasteiger partial charge in [-0.15, -0.1) is 12.4 Å². The molecule has 0 saturated heterocycles. The van der Waals surface area contributed by atoms with Crippen LogP contribution in [0.25, 0.3) is 0 Å². The zero-order chi connectivity index (χ0) is 16.8. The molecule has 2 N–H and O–H groups in total. The van der Waals surface area contributed by atoms with Crippen molar-refractivity contribution in [1.82, 2.24) is 0 Å². The highest BCUT2D eigenvalue weighted by Gasteiger charge is 2.43. The first-order chi connectivity index (χ1) is 11.6. The molecule has 25 heavy (non-hydrogen) atoms. The maximum Gasteiger partial charge on any atom is 0.274 e. The molecule has 7 heteroatoms. The fourth-order valence-corrected chi connectivity index (χ4v) is 5.03. The van der Waals surface area contributed by atoms with E-state index in [1.165, 1.54) is 12.5 Å². The predicted molar refractivity (Wildman–Crippen MR) is 97.9 cm³/mol. The van der Waals surface area contributed by atoms with Crippen LogP contribution in [0.1, 0.15) is 37.7 Å². The number of carbonyl (C=O) groups excluding carboxylic acids is 1. The Kier molecular flexibility index (Phi) is 5.02. The molecule has 2 aliphatic carbocycles. The van der Waals surface area contributed by atoms with Gasteiger partial charge in [-0.25, -0.2) is 0 Å². The summed E-state index contributed by atoms with van der Waals surface area (Å²) in [6.07, 6.45) is 5.79. The number of rotatable bonds is 2. The number of nitrogens with two attached hydrogens (primary N) is 1. The SMILES string of the molecule is Cl.NC1C2CCCC1CC(C(=O)N1CCc3c1cccc3[N+](=O)[O-])C2. The maximum absolute atomic E-state index is 13.1. The molecule has 0 radical (unpaired) electrons. The summed E-state index contributed by atoms with van der Waals surface area (Å²) in [6.45, 7) is 0.552. The number of carbonyl (C=O) groups is 1. The summed E-state index contributed by atoms with van der Waals surface area (Å²) in [5, 5.41) is 11.2. The minimum absolute atomic E-state index is 0. The second-order valence-corrected chi connectivity index (χ2v) is 7.47. The van der Waals surface area contributed by atoms with E-state index < -0.39 is 0 Å². The van der Waals surface area contributed by atoms with E-state index in [1.54, 1.807) is 11.0 Å². The second-order valence-electron chi connectivity index (χ2n) is 7.47. The predicted octanol–water partition coefficient (Wildman–Crippen LogP) is 3.06. The standard InChI is InChI=1S/C18H23N3O3.ClH/c19-17-11-3-1-4-12(17)10-13(9-11)18(22)20-8-7-14-15(20)5-2-6-16(14)21(23)24;/h2,5-6,11-13,17H,1,3-4,7-10,19H2;1H. The van der Waals surface area contributed by atoms with Crippen LogP contribution in [-0.4, -0.2) is 23.4 Å². The monoisotopic (exact) mass is 365 g/mol. The second kappa shape index (κ2) is 6.92. The summed E-state index contributed by atoms with van der Waals surface area (Å²) in [6, 6.07) is 5.28. The number of nitrogens with zero attached hydrogens (tertiary/aromatic N) is 2. The zero-order valence-electron chi connectivity index (χ0n) is 14.1. The van der Waals surface area contributed by atoms with Crippen LogP contribution in [0.5, 0.6) is 0 Å². The van der Waals surface area contributed by atoms with E-state index >= 15 is 0 Å². The van der Waals surface area contributed by atoms with Crippen LogP contribution in [0, 0.1) is 27.9 Å². The molecule has 3 aliphatic rings. The van der Waals surface area contributed by atoms with Crippen molar-refractivity contribution in [3.63, 3.8) is 0 Å². The minimum Gasteiger partial charge on any atom is -0.327 e. The molecule has 2 atom stereocenters. The van der Waals surface area contributed by atoms with Crippen molar-refractivity contribution in [3.8, 4) is 0 Å². The maximum atomic E-state index is 13.1. The van der Waals surface area contributed by atoms with Crippen molar-refractivity contribution in [2.75, 3.05) is 11.4 Å². The summed E-state index contributed by atoms with van der Waals surface area (Å²) < 4.78 is 0. The van der Waals surface area contributed by atoms with E-state index in [0.717, 1.165) is 31.4 Å². The smallest absolute Gasteiger partial charge is 0.274 e. The first kappa shape index (κ1) is 18.1. The Labute approximate surface area is 153 Å². The van der Waals surface area contributed by atoms with Gasteiger partial charge in [-0.1, -0.05) is 12.5 Å². The Morgan fingerprint density at radius 1 is 1.24 bits per heavy atom. The Morgan fingerprint density at radius 2 is 1.92 bits per heavy atom. The summed E-state index contributed by atoms with van der Waals surface area (Å²) in [7, 11) is 0. The highest BCUT2D eigenvalue weighted by molar-refractivity contribution is 5.97. The molecule has 0 aromatic heterocycles. The van der Waals surface area contributed by atoms with Crippen molar-refractivity contribution in [2.24, 2.45) is 23.5 Å². The summed E-state index contributed by atoms with van der Waals surface area (Å²) in [4.78, 5) is 25.7. The van der Waals surface area contributed by atoms with Gasteiger partial charge >= 0.3 is 0 Å². The molecule has 0 spiro atoms. The van der Waals surface area contributed by atoms with Gasteiger partial charge in [0.2, 0.25) is 5.91 Å². The van der Waals surface area contributed by atoms with Crippen molar-refractivity contribution in [3.05, 3.63) is 33.9 Å². The zero-order valence-corrected chi connectivity index (χ0v) is 14.9. The Balaban J connectivity index is 0.00000182. The number of anilines is 1. The quantitative estimate of drug-likeness (QED) is 0.644. The molecule has 1 heterocycles. The van der Waals surface area contributed by atoms with Gasteiger partial charge in [-0.05, 0) is 50.0 Å². The molecular formula is C18H24ClN3O3. The number of halogens is 1. The molecule has 1 aromatic rings. The van der Waals surface area contributed by atoms with Crippen molar-refractivity contribution in [2.45, 2.75) is 44.6 Å². The van der Waals surface area contributed by atoms with E-state index in [-0.39, 0.29) is 40.9 Å². The highest BCUT2D eigenvalue weighted by atomic mass is 35.5. The fraction of sp³-hybridized carbons (Fsp3) is 0.611. The van der Waals surface area contributed by atoms with Crippen LogP contribution in [0.15, 0.2) is 18.2 Å². The number of benzene rings is 1. The van der Waals surface area contributed by atoms with Gasteiger partial charge in [0, 0.05) is 24.6 Å². The molecule has 2 unspecified atom stereocenters. The topological polar surface area (TPSA) is 89.5 Å². The normalized spacial score (nSPS) is 30.4. The molecule has 2 bridgehead atoms. The third-order valence-electron chi connectivity index (χ3n) is 6.23. The average molecular weight is 366 g/mol. The Morgan fingerprint density at radius 3 is 2.56 bits per heavy atom. The number of amides is 1.